The van der Waals surface area contributed by atoms with E-state index in [2.05, 4.69) is 10.3 Å². The molecule has 1 aromatic carbocycles. The zero-order valence-electron chi connectivity index (χ0n) is 11.9. The fraction of sp³-hybridized carbons (Fsp3) is 0.200. The van der Waals surface area contributed by atoms with E-state index in [0.717, 1.165) is 5.56 Å². The molecule has 1 aliphatic rings. The van der Waals surface area contributed by atoms with Gasteiger partial charge in [-0.3, -0.25) is 10.1 Å². The molecule has 0 fully saturated rings. The van der Waals surface area contributed by atoms with Crippen molar-refractivity contribution in [1.29, 1.82) is 0 Å². The van der Waals surface area contributed by atoms with Crippen LogP contribution in [-0.4, -0.2) is 31.2 Å². The molecule has 114 valence electrons. The number of methoxy groups -OCH3 is 1. The Morgan fingerprint density at radius 1 is 1.41 bits per heavy atom. The summed E-state index contributed by atoms with van der Waals surface area (Å²) in [5.41, 5.74) is 0.787. The first-order valence-electron chi connectivity index (χ1n) is 6.62. The predicted octanol–water partition coefficient (Wildman–Crippen LogP) is 2.57. The number of hydrogen-bond donors (Lipinski definition) is 1. The molecule has 0 saturated carbocycles. The van der Waals surface area contributed by atoms with Gasteiger partial charge in [-0.1, -0.05) is 0 Å². The smallest absolute Gasteiger partial charge is 0.250 e. The molecular formula is C15H14N2O4S. The number of ether oxygens (including phenoxy) is 3. The number of nitrogens with zero attached hydrogens (tertiary/aromatic N) is 1. The van der Waals surface area contributed by atoms with Gasteiger partial charge in [-0.05, 0) is 23.8 Å². The molecule has 22 heavy (non-hydrogen) atoms. The quantitative estimate of drug-likeness (QED) is 0.878. The molecule has 0 atom stereocenters. The van der Waals surface area contributed by atoms with Crippen LogP contribution in [0.25, 0.3) is 6.08 Å². The standard InChI is InChI=1S/C15H14N2O4S/c1-19-11-8-10(9-12-14(11)21-6-5-20-12)2-3-13(18)17-15-16-4-7-22-15/h2-4,7-9H,5-6H2,1H3,(H,16,17,18)/b3-2+. The van der Waals surface area contributed by atoms with Crippen molar-refractivity contribution in [1.82, 2.24) is 4.98 Å². The summed E-state index contributed by atoms with van der Waals surface area (Å²) in [4.78, 5) is 15.8. The van der Waals surface area contributed by atoms with Crippen LogP contribution in [-0.2, 0) is 4.79 Å². The zero-order chi connectivity index (χ0) is 15.4. The number of aromatic nitrogens is 1. The summed E-state index contributed by atoms with van der Waals surface area (Å²) in [6.07, 6.45) is 4.76. The van der Waals surface area contributed by atoms with Crippen LogP contribution >= 0.6 is 11.3 Å². The molecule has 0 spiro atoms. The van der Waals surface area contributed by atoms with Gasteiger partial charge in [-0.15, -0.1) is 11.3 Å². The number of carbonyl (C=O) groups excluding carboxylic acids is 1. The van der Waals surface area contributed by atoms with Crippen molar-refractivity contribution in [2.45, 2.75) is 0 Å². The van der Waals surface area contributed by atoms with Gasteiger partial charge in [0, 0.05) is 17.7 Å². The molecule has 0 radical (unpaired) electrons. The van der Waals surface area contributed by atoms with Gasteiger partial charge in [0.15, 0.2) is 16.6 Å². The summed E-state index contributed by atoms with van der Waals surface area (Å²) in [6, 6.07) is 3.60. The summed E-state index contributed by atoms with van der Waals surface area (Å²) in [5.74, 6) is 1.55. The van der Waals surface area contributed by atoms with Crippen LogP contribution in [0.2, 0.25) is 0 Å². The van der Waals surface area contributed by atoms with Crippen LogP contribution in [0.15, 0.2) is 29.8 Å². The Bertz CT molecular complexity index is 681. The van der Waals surface area contributed by atoms with Crippen LogP contribution < -0.4 is 19.5 Å². The molecule has 0 aliphatic carbocycles. The summed E-state index contributed by atoms with van der Waals surface area (Å²) in [7, 11) is 1.57. The van der Waals surface area contributed by atoms with E-state index in [-0.39, 0.29) is 5.91 Å². The molecular weight excluding hydrogens is 304 g/mol. The van der Waals surface area contributed by atoms with Gasteiger partial charge in [0.1, 0.15) is 13.2 Å². The maximum atomic E-state index is 11.8. The summed E-state index contributed by atoms with van der Waals surface area (Å²) >= 11 is 1.36. The second-order valence-corrected chi connectivity index (χ2v) is 5.30. The van der Waals surface area contributed by atoms with E-state index in [1.54, 1.807) is 30.8 Å². The number of benzene rings is 1. The average Bonchev–Trinajstić information content (AvgIpc) is 3.05. The average molecular weight is 318 g/mol. The molecule has 1 amide bonds. The Hall–Kier alpha value is -2.54. The molecule has 1 N–H and O–H groups in total. The van der Waals surface area contributed by atoms with E-state index in [9.17, 15) is 4.79 Å². The van der Waals surface area contributed by atoms with Crippen LogP contribution in [0, 0.1) is 0 Å². The van der Waals surface area contributed by atoms with Crippen LogP contribution in [0.5, 0.6) is 17.2 Å². The van der Waals surface area contributed by atoms with E-state index >= 15 is 0 Å². The van der Waals surface area contributed by atoms with E-state index in [4.69, 9.17) is 14.2 Å². The third kappa shape index (κ3) is 3.20. The topological polar surface area (TPSA) is 69.7 Å². The van der Waals surface area contributed by atoms with Gasteiger partial charge >= 0.3 is 0 Å². The van der Waals surface area contributed by atoms with Gasteiger partial charge in [0.05, 0.1) is 7.11 Å². The van der Waals surface area contributed by atoms with E-state index in [0.29, 0.717) is 35.6 Å². The minimum atomic E-state index is -0.246. The fourth-order valence-electron chi connectivity index (χ4n) is 1.99. The SMILES string of the molecule is COc1cc(/C=C/C(=O)Nc2nccs2)cc2c1OCCO2. The molecule has 0 saturated heterocycles. The molecule has 7 heteroatoms. The van der Waals surface area contributed by atoms with Crippen molar-refractivity contribution in [3.63, 3.8) is 0 Å². The molecule has 2 aromatic rings. The molecule has 1 aromatic heterocycles. The van der Waals surface area contributed by atoms with Crippen molar-refractivity contribution in [3.05, 3.63) is 35.3 Å². The van der Waals surface area contributed by atoms with E-state index in [1.165, 1.54) is 17.4 Å². The normalized spacial score (nSPS) is 13.1. The zero-order valence-corrected chi connectivity index (χ0v) is 12.7. The highest BCUT2D eigenvalue weighted by molar-refractivity contribution is 7.13. The largest absolute Gasteiger partial charge is 0.493 e. The van der Waals surface area contributed by atoms with Crippen LogP contribution in [0.4, 0.5) is 5.13 Å². The first kappa shape index (κ1) is 14.4. The minimum absolute atomic E-state index is 0.246. The van der Waals surface area contributed by atoms with E-state index in [1.807, 2.05) is 6.07 Å². The van der Waals surface area contributed by atoms with Gasteiger partial charge < -0.3 is 14.2 Å². The Balaban J connectivity index is 1.77. The molecule has 2 heterocycles. The van der Waals surface area contributed by atoms with Crippen molar-refractivity contribution in [2.75, 3.05) is 25.6 Å². The van der Waals surface area contributed by atoms with Crippen LogP contribution in [0.3, 0.4) is 0 Å². The first-order chi connectivity index (χ1) is 10.8. The number of fused-ring (bicyclic) bond motifs is 1. The predicted molar refractivity (Wildman–Crippen MR) is 83.8 cm³/mol. The monoisotopic (exact) mass is 318 g/mol. The van der Waals surface area contributed by atoms with Crippen molar-refractivity contribution >= 4 is 28.5 Å². The Labute approximate surface area is 131 Å². The first-order valence-corrected chi connectivity index (χ1v) is 7.50. The molecule has 6 nitrogen and oxygen atoms in total. The van der Waals surface area contributed by atoms with Crippen molar-refractivity contribution < 1.29 is 19.0 Å². The Kier molecular flexibility index (Phi) is 4.24. The molecule has 0 unspecified atom stereocenters. The Morgan fingerprint density at radius 3 is 3.05 bits per heavy atom. The maximum absolute atomic E-state index is 11.8. The third-order valence-corrected chi connectivity index (χ3v) is 3.63. The lowest BCUT2D eigenvalue weighted by atomic mass is 10.1. The minimum Gasteiger partial charge on any atom is -0.493 e. The van der Waals surface area contributed by atoms with Crippen molar-refractivity contribution in [2.24, 2.45) is 0 Å². The third-order valence-electron chi connectivity index (χ3n) is 2.94. The number of amides is 1. The number of carbonyl (C=O) groups is 1. The number of nitrogens with one attached hydrogen (secondary N) is 1. The number of thiazole rings is 1. The summed E-state index contributed by atoms with van der Waals surface area (Å²) in [6.45, 7) is 0.989. The molecule has 3 rings (SSSR count). The second kappa shape index (κ2) is 6.48. The molecule has 0 bridgehead atoms. The van der Waals surface area contributed by atoms with E-state index < -0.39 is 0 Å². The highest BCUT2D eigenvalue weighted by atomic mass is 32.1. The lowest BCUT2D eigenvalue weighted by Crippen LogP contribution is -2.16. The lowest BCUT2D eigenvalue weighted by Gasteiger charge is -2.20. The van der Waals surface area contributed by atoms with Gasteiger partial charge in [0.2, 0.25) is 11.7 Å². The van der Waals surface area contributed by atoms with Crippen LogP contribution in [0.1, 0.15) is 5.56 Å². The van der Waals surface area contributed by atoms with Crippen molar-refractivity contribution in [3.8, 4) is 17.2 Å². The second-order valence-electron chi connectivity index (χ2n) is 4.41. The van der Waals surface area contributed by atoms with Gasteiger partial charge in [0.25, 0.3) is 0 Å². The maximum Gasteiger partial charge on any atom is 0.250 e. The Morgan fingerprint density at radius 2 is 2.27 bits per heavy atom. The fourth-order valence-corrected chi connectivity index (χ4v) is 2.53. The van der Waals surface area contributed by atoms with Gasteiger partial charge in [-0.2, -0.15) is 0 Å². The summed E-state index contributed by atoms with van der Waals surface area (Å²) in [5, 5.41) is 5.04. The highest BCUT2D eigenvalue weighted by Gasteiger charge is 2.17. The van der Waals surface area contributed by atoms with Gasteiger partial charge in [-0.25, -0.2) is 4.98 Å². The highest BCUT2D eigenvalue weighted by Crippen LogP contribution is 2.40. The number of hydrogen-bond acceptors (Lipinski definition) is 6. The summed E-state index contributed by atoms with van der Waals surface area (Å²) < 4.78 is 16.4. The molecule has 1 aliphatic heterocycles. The number of anilines is 1. The number of rotatable bonds is 4. The lowest BCUT2D eigenvalue weighted by molar-refractivity contribution is -0.111.